The van der Waals surface area contributed by atoms with Crippen LogP contribution in [0.3, 0.4) is 0 Å². The SMILES string of the molecule is COC(=O)c1cccc(C(=O)NCC2CCOC2)n1. The average molecular weight is 264 g/mol. The fourth-order valence-corrected chi connectivity index (χ4v) is 1.85. The highest BCUT2D eigenvalue weighted by Gasteiger charge is 2.18. The Bertz CT molecular complexity index is 469. The van der Waals surface area contributed by atoms with Crippen molar-refractivity contribution in [3.05, 3.63) is 29.6 Å². The number of pyridine rings is 1. The number of carbonyl (C=O) groups is 2. The van der Waals surface area contributed by atoms with Gasteiger partial charge in [-0.05, 0) is 18.6 Å². The minimum atomic E-state index is -0.557. The maximum absolute atomic E-state index is 11.9. The lowest BCUT2D eigenvalue weighted by Crippen LogP contribution is -2.30. The summed E-state index contributed by atoms with van der Waals surface area (Å²) in [6, 6.07) is 4.67. The van der Waals surface area contributed by atoms with Gasteiger partial charge in [-0.1, -0.05) is 6.07 Å². The number of nitrogens with zero attached hydrogens (tertiary/aromatic N) is 1. The second-order valence-corrected chi connectivity index (χ2v) is 4.34. The van der Waals surface area contributed by atoms with Gasteiger partial charge >= 0.3 is 5.97 Å². The Labute approximate surface area is 111 Å². The van der Waals surface area contributed by atoms with Gasteiger partial charge in [0.05, 0.1) is 13.7 Å². The van der Waals surface area contributed by atoms with Gasteiger partial charge in [0.15, 0.2) is 0 Å². The van der Waals surface area contributed by atoms with E-state index >= 15 is 0 Å². The zero-order valence-electron chi connectivity index (χ0n) is 10.7. The maximum atomic E-state index is 11.9. The molecule has 1 aliphatic heterocycles. The summed E-state index contributed by atoms with van der Waals surface area (Å²) in [5.41, 5.74) is 0.334. The highest BCUT2D eigenvalue weighted by molar-refractivity contribution is 5.94. The second-order valence-electron chi connectivity index (χ2n) is 4.34. The molecule has 0 aliphatic carbocycles. The molecule has 2 rings (SSSR count). The second kappa shape index (κ2) is 6.29. The lowest BCUT2D eigenvalue weighted by Gasteiger charge is -2.09. The standard InChI is InChI=1S/C13H16N2O4/c1-18-13(17)11-4-2-3-10(15-11)12(16)14-7-9-5-6-19-8-9/h2-4,9H,5-8H2,1H3,(H,14,16). The van der Waals surface area contributed by atoms with Crippen LogP contribution in [0.2, 0.25) is 0 Å². The Morgan fingerprint density at radius 2 is 2.26 bits per heavy atom. The molecule has 1 aliphatic rings. The average Bonchev–Trinajstić information content (AvgIpc) is 2.97. The van der Waals surface area contributed by atoms with Crippen LogP contribution >= 0.6 is 0 Å². The molecule has 0 bridgehead atoms. The van der Waals surface area contributed by atoms with Crippen molar-refractivity contribution in [2.24, 2.45) is 5.92 Å². The number of hydrogen-bond acceptors (Lipinski definition) is 5. The molecule has 1 amide bonds. The number of methoxy groups -OCH3 is 1. The van der Waals surface area contributed by atoms with Crippen LogP contribution in [0.15, 0.2) is 18.2 Å². The number of esters is 1. The molecule has 1 unspecified atom stereocenters. The molecule has 6 heteroatoms. The molecule has 0 spiro atoms. The molecule has 2 heterocycles. The topological polar surface area (TPSA) is 77.5 Å². The molecule has 0 saturated carbocycles. The lowest BCUT2D eigenvalue weighted by molar-refractivity contribution is 0.0594. The van der Waals surface area contributed by atoms with E-state index in [1.807, 2.05) is 0 Å². The van der Waals surface area contributed by atoms with Crippen molar-refractivity contribution in [2.45, 2.75) is 6.42 Å². The van der Waals surface area contributed by atoms with E-state index in [2.05, 4.69) is 15.0 Å². The first kappa shape index (κ1) is 13.5. The summed E-state index contributed by atoms with van der Waals surface area (Å²) < 4.78 is 9.79. The summed E-state index contributed by atoms with van der Waals surface area (Å²) in [7, 11) is 1.27. The van der Waals surface area contributed by atoms with Crippen LogP contribution < -0.4 is 5.32 Å². The summed E-state index contributed by atoms with van der Waals surface area (Å²) >= 11 is 0. The molecule has 1 atom stereocenters. The van der Waals surface area contributed by atoms with Gasteiger partial charge in [-0.3, -0.25) is 4.79 Å². The van der Waals surface area contributed by atoms with Gasteiger partial charge in [0, 0.05) is 19.1 Å². The number of rotatable bonds is 4. The van der Waals surface area contributed by atoms with Crippen molar-refractivity contribution < 1.29 is 19.1 Å². The minimum Gasteiger partial charge on any atom is -0.464 e. The molecule has 6 nitrogen and oxygen atoms in total. The Hall–Kier alpha value is -1.95. The van der Waals surface area contributed by atoms with Crippen molar-refractivity contribution in [3.8, 4) is 0 Å². The molecule has 1 saturated heterocycles. The van der Waals surface area contributed by atoms with E-state index in [4.69, 9.17) is 4.74 Å². The monoisotopic (exact) mass is 264 g/mol. The third-order valence-electron chi connectivity index (χ3n) is 2.95. The van der Waals surface area contributed by atoms with Crippen LogP contribution in [-0.2, 0) is 9.47 Å². The number of carbonyl (C=O) groups excluding carboxylic acids is 2. The highest BCUT2D eigenvalue weighted by atomic mass is 16.5. The van der Waals surface area contributed by atoms with E-state index in [-0.39, 0.29) is 17.3 Å². The van der Waals surface area contributed by atoms with Gasteiger partial charge in [-0.15, -0.1) is 0 Å². The third kappa shape index (κ3) is 3.51. The van der Waals surface area contributed by atoms with E-state index < -0.39 is 5.97 Å². The molecule has 1 aromatic heterocycles. The highest BCUT2D eigenvalue weighted by Crippen LogP contribution is 2.11. The molecule has 19 heavy (non-hydrogen) atoms. The van der Waals surface area contributed by atoms with Gasteiger partial charge in [-0.25, -0.2) is 9.78 Å². The van der Waals surface area contributed by atoms with E-state index in [0.29, 0.717) is 19.1 Å². The number of aromatic nitrogens is 1. The smallest absolute Gasteiger partial charge is 0.356 e. The Morgan fingerprint density at radius 1 is 1.47 bits per heavy atom. The van der Waals surface area contributed by atoms with Crippen molar-refractivity contribution >= 4 is 11.9 Å². The normalized spacial score (nSPS) is 18.1. The van der Waals surface area contributed by atoms with E-state index in [9.17, 15) is 9.59 Å². The zero-order valence-corrected chi connectivity index (χ0v) is 10.7. The van der Waals surface area contributed by atoms with Crippen LogP contribution in [0, 0.1) is 5.92 Å². The Balaban J connectivity index is 1.96. The fraction of sp³-hybridized carbons (Fsp3) is 0.462. The van der Waals surface area contributed by atoms with Gasteiger partial charge < -0.3 is 14.8 Å². The summed E-state index contributed by atoms with van der Waals surface area (Å²) in [6.07, 6.45) is 0.954. The van der Waals surface area contributed by atoms with Crippen LogP contribution in [0.1, 0.15) is 27.4 Å². The van der Waals surface area contributed by atoms with Crippen molar-refractivity contribution in [1.29, 1.82) is 0 Å². The maximum Gasteiger partial charge on any atom is 0.356 e. The Morgan fingerprint density at radius 3 is 2.95 bits per heavy atom. The van der Waals surface area contributed by atoms with Crippen molar-refractivity contribution in [1.82, 2.24) is 10.3 Å². The van der Waals surface area contributed by atoms with Gasteiger partial charge in [0.25, 0.3) is 5.91 Å². The summed E-state index contributed by atoms with van der Waals surface area (Å²) in [5.74, 6) is -0.496. The lowest BCUT2D eigenvalue weighted by atomic mass is 10.1. The van der Waals surface area contributed by atoms with Crippen molar-refractivity contribution in [2.75, 3.05) is 26.9 Å². The predicted octanol–water partition coefficient (Wildman–Crippen LogP) is 0.634. The van der Waals surface area contributed by atoms with Crippen LogP contribution in [-0.4, -0.2) is 43.7 Å². The zero-order chi connectivity index (χ0) is 13.7. The molecule has 102 valence electrons. The van der Waals surface area contributed by atoms with Gasteiger partial charge in [0.2, 0.25) is 0 Å². The molecular weight excluding hydrogens is 248 g/mol. The first-order valence-electron chi connectivity index (χ1n) is 6.12. The summed E-state index contributed by atoms with van der Waals surface area (Å²) in [4.78, 5) is 27.2. The van der Waals surface area contributed by atoms with E-state index in [0.717, 1.165) is 13.0 Å². The first-order valence-corrected chi connectivity index (χ1v) is 6.12. The predicted molar refractivity (Wildman–Crippen MR) is 66.8 cm³/mol. The Kier molecular flexibility index (Phi) is 4.46. The fourth-order valence-electron chi connectivity index (χ4n) is 1.85. The van der Waals surface area contributed by atoms with Crippen LogP contribution in [0.25, 0.3) is 0 Å². The number of nitrogens with one attached hydrogen (secondary N) is 1. The first-order chi connectivity index (χ1) is 9.20. The quantitative estimate of drug-likeness (QED) is 0.807. The number of amides is 1. The molecule has 1 aromatic rings. The largest absolute Gasteiger partial charge is 0.464 e. The molecule has 0 aromatic carbocycles. The molecule has 1 fully saturated rings. The van der Waals surface area contributed by atoms with E-state index in [1.165, 1.54) is 13.2 Å². The van der Waals surface area contributed by atoms with Crippen LogP contribution in [0.5, 0.6) is 0 Å². The van der Waals surface area contributed by atoms with Crippen molar-refractivity contribution in [3.63, 3.8) is 0 Å². The molecule has 1 N–H and O–H groups in total. The number of ether oxygens (including phenoxy) is 2. The number of hydrogen-bond donors (Lipinski definition) is 1. The molecular formula is C13H16N2O4. The van der Waals surface area contributed by atoms with E-state index in [1.54, 1.807) is 12.1 Å². The molecule has 0 radical (unpaired) electrons. The summed E-state index contributed by atoms with van der Waals surface area (Å²) in [6.45, 7) is 1.98. The minimum absolute atomic E-state index is 0.124. The third-order valence-corrected chi connectivity index (χ3v) is 2.95. The van der Waals surface area contributed by atoms with Gasteiger partial charge in [-0.2, -0.15) is 0 Å². The summed E-state index contributed by atoms with van der Waals surface area (Å²) in [5, 5.41) is 2.79. The van der Waals surface area contributed by atoms with Gasteiger partial charge in [0.1, 0.15) is 11.4 Å². The van der Waals surface area contributed by atoms with Crippen LogP contribution in [0.4, 0.5) is 0 Å².